The molecule has 0 heterocycles. The van der Waals surface area contributed by atoms with E-state index in [0.29, 0.717) is 0 Å². The van der Waals surface area contributed by atoms with Crippen LogP contribution in [-0.2, 0) is 0 Å². The molecule has 0 radical (unpaired) electrons. The van der Waals surface area contributed by atoms with Gasteiger partial charge in [-0.2, -0.15) is 0 Å². The molecule has 26 heavy (non-hydrogen) atoms. The van der Waals surface area contributed by atoms with Crippen LogP contribution in [0.4, 0.5) is 0 Å². The standard InChI is InChI=1S/C26H30/c1-16-12-14-24(21(6)19(16)4)26(23-11-9-8-10-18(23)3)25-15-13-17(2)20(5)22(25)7/h8-15,26H,1-7H3. The predicted molar refractivity (Wildman–Crippen MR) is 113 cm³/mol. The molecule has 0 amide bonds. The highest BCUT2D eigenvalue weighted by Crippen LogP contribution is 2.39. The van der Waals surface area contributed by atoms with E-state index in [1.165, 1.54) is 55.6 Å². The molecule has 134 valence electrons. The van der Waals surface area contributed by atoms with Gasteiger partial charge in [-0.05, 0) is 104 Å². The zero-order valence-electron chi connectivity index (χ0n) is 17.2. The monoisotopic (exact) mass is 342 g/mol. The average molecular weight is 343 g/mol. The minimum Gasteiger partial charge on any atom is -0.0620 e. The maximum Gasteiger partial charge on any atom is 0.0348 e. The Labute approximate surface area is 158 Å². The van der Waals surface area contributed by atoms with Crippen molar-refractivity contribution in [1.82, 2.24) is 0 Å². The van der Waals surface area contributed by atoms with Crippen molar-refractivity contribution in [2.75, 3.05) is 0 Å². The summed E-state index contributed by atoms with van der Waals surface area (Å²) in [6.07, 6.45) is 0. The molecule has 0 unspecified atom stereocenters. The minimum atomic E-state index is 0.273. The molecule has 0 saturated carbocycles. The quantitative estimate of drug-likeness (QED) is 0.448. The van der Waals surface area contributed by atoms with Gasteiger partial charge in [-0.1, -0.05) is 48.5 Å². The van der Waals surface area contributed by atoms with Crippen molar-refractivity contribution < 1.29 is 0 Å². The second kappa shape index (κ2) is 7.11. The lowest BCUT2D eigenvalue weighted by molar-refractivity contribution is 0.925. The lowest BCUT2D eigenvalue weighted by Gasteiger charge is -2.26. The van der Waals surface area contributed by atoms with Crippen LogP contribution < -0.4 is 0 Å². The van der Waals surface area contributed by atoms with Crippen LogP contribution in [0.25, 0.3) is 0 Å². The Morgan fingerprint density at radius 1 is 0.423 bits per heavy atom. The molecule has 0 bridgehead atoms. The summed E-state index contributed by atoms with van der Waals surface area (Å²) < 4.78 is 0. The largest absolute Gasteiger partial charge is 0.0620 e. The van der Waals surface area contributed by atoms with Crippen molar-refractivity contribution in [3.05, 3.63) is 104 Å². The first-order valence-corrected chi connectivity index (χ1v) is 9.51. The molecular formula is C26H30. The Balaban J connectivity index is 2.34. The van der Waals surface area contributed by atoms with Gasteiger partial charge < -0.3 is 0 Å². The lowest BCUT2D eigenvalue weighted by atomic mass is 9.77. The van der Waals surface area contributed by atoms with Crippen molar-refractivity contribution in [1.29, 1.82) is 0 Å². The van der Waals surface area contributed by atoms with Gasteiger partial charge in [0.25, 0.3) is 0 Å². The van der Waals surface area contributed by atoms with Gasteiger partial charge in [0.05, 0.1) is 0 Å². The van der Waals surface area contributed by atoms with Gasteiger partial charge in [-0.15, -0.1) is 0 Å². The van der Waals surface area contributed by atoms with Crippen LogP contribution in [0.5, 0.6) is 0 Å². The van der Waals surface area contributed by atoms with Gasteiger partial charge >= 0.3 is 0 Å². The van der Waals surface area contributed by atoms with E-state index < -0.39 is 0 Å². The average Bonchev–Trinajstić information content (AvgIpc) is 2.62. The van der Waals surface area contributed by atoms with Crippen LogP contribution in [0.15, 0.2) is 48.5 Å². The Bertz CT molecular complexity index is 903. The molecular weight excluding hydrogens is 312 g/mol. The molecule has 0 heteroatoms. The first-order chi connectivity index (χ1) is 12.3. The van der Waals surface area contributed by atoms with Gasteiger partial charge in [0, 0.05) is 5.92 Å². The molecule has 0 N–H and O–H groups in total. The van der Waals surface area contributed by atoms with Crippen molar-refractivity contribution in [3.8, 4) is 0 Å². The van der Waals surface area contributed by atoms with Crippen LogP contribution in [0.2, 0.25) is 0 Å². The molecule has 0 spiro atoms. The number of hydrogen-bond acceptors (Lipinski definition) is 0. The highest BCUT2D eigenvalue weighted by atomic mass is 14.3. The Morgan fingerprint density at radius 2 is 0.885 bits per heavy atom. The Morgan fingerprint density at radius 3 is 1.35 bits per heavy atom. The fraction of sp³-hybridized carbons (Fsp3) is 0.308. The summed E-state index contributed by atoms with van der Waals surface area (Å²) in [5.41, 5.74) is 14.0. The van der Waals surface area contributed by atoms with Gasteiger partial charge in [0.2, 0.25) is 0 Å². The van der Waals surface area contributed by atoms with E-state index >= 15 is 0 Å². The fourth-order valence-electron chi connectivity index (χ4n) is 3.99. The maximum absolute atomic E-state index is 2.34. The summed E-state index contributed by atoms with van der Waals surface area (Å²) >= 11 is 0. The number of rotatable bonds is 3. The first kappa shape index (κ1) is 18.5. The van der Waals surface area contributed by atoms with E-state index in [0.717, 1.165) is 0 Å². The zero-order valence-corrected chi connectivity index (χ0v) is 17.2. The predicted octanol–water partition coefficient (Wildman–Crippen LogP) is 7.03. The molecule has 3 aromatic rings. The first-order valence-electron chi connectivity index (χ1n) is 9.51. The number of aryl methyl sites for hydroxylation is 3. The van der Waals surface area contributed by atoms with Gasteiger partial charge in [-0.3, -0.25) is 0 Å². The van der Waals surface area contributed by atoms with E-state index in [1.807, 2.05) is 0 Å². The normalized spacial score (nSPS) is 11.2. The molecule has 0 fully saturated rings. The third-order valence-corrected chi connectivity index (χ3v) is 6.32. The van der Waals surface area contributed by atoms with Crippen molar-refractivity contribution in [3.63, 3.8) is 0 Å². The maximum atomic E-state index is 2.34. The second-order valence-electron chi connectivity index (χ2n) is 7.73. The highest BCUT2D eigenvalue weighted by Gasteiger charge is 2.23. The van der Waals surface area contributed by atoms with E-state index in [4.69, 9.17) is 0 Å². The Kier molecular flexibility index (Phi) is 5.05. The fourth-order valence-corrected chi connectivity index (χ4v) is 3.99. The van der Waals surface area contributed by atoms with Crippen molar-refractivity contribution in [2.45, 2.75) is 54.4 Å². The number of hydrogen-bond donors (Lipinski definition) is 0. The SMILES string of the molecule is Cc1ccccc1C(c1ccc(C)c(C)c1C)c1ccc(C)c(C)c1C. The molecule has 0 aliphatic rings. The highest BCUT2D eigenvalue weighted by molar-refractivity contribution is 5.54. The molecule has 0 nitrogen and oxygen atoms in total. The van der Waals surface area contributed by atoms with Crippen molar-refractivity contribution >= 4 is 0 Å². The molecule has 0 saturated heterocycles. The van der Waals surface area contributed by atoms with Gasteiger partial charge in [0.1, 0.15) is 0 Å². The lowest BCUT2D eigenvalue weighted by Crippen LogP contribution is -2.11. The van der Waals surface area contributed by atoms with Crippen LogP contribution in [0.1, 0.15) is 61.6 Å². The smallest absolute Gasteiger partial charge is 0.0348 e. The zero-order chi connectivity index (χ0) is 19.0. The summed E-state index contributed by atoms with van der Waals surface area (Å²) in [4.78, 5) is 0. The third kappa shape index (κ3) is 3.09. The summed E-state index contributed by atoms with van der Waals surface area (Å²) in [7, 11) is 0. The second-order valence-corrected chi connectivity index (χ2v) is 7.73. The van der Waals surface area contributed by atoms with E-state index in [-0.39, 0.29) is 5.92 Å². The summed E-state index contributed by atoms with van der Waals surface area (Å²) in [6, 6.07) is 18.1. The molecule has 0 aliphatic carbocycles. The molecule has 0 atom stereocenters. The summed E-state index contributed by atoms with van der Waals surface area (Å²) in [6.45, 7) is 15.7. The van der Waals surface area contributed by atoms with Crippen LogP contribution in [0, 0.1) is 48.5 Å². The van der Waals surface area contributed by atoms with Gasteiger partial charge in [0.15, 0.2) is 0 Å². The molecule has 0 aliphatic heterocycles. The number of benzene rings is 3. The van der Waals surface area contributed by atoms with E-state index in [2.05, 4.69) is 97.0 Å². The van der Waals surface area contributed by atoms with E-state index in [1.54, 1.807) is 0 Å². The topological polar surface area (TPSA) is 0 Å². The Hall–Kier alpha value is -2.34. The van der Waals surface area contributed by atoms with Crippen LogP contribution in [0.3, 0.4) is 0 Å². The summed E-state index contributed by atoms with van der Waals surface area (Å²) in [5, 5.41) is 0. The van der Waals surface area contributed by atoms with Crippen LogP contribution in [-0.4, -0.2) is 0 Å². The third-order valence-electron chi connectivity index (χ3n) is 6.32. The van der Waals surface area contributed by atoms with E-state index in [9.17, 15) is 0 Å². The van der Waals surface area contributed by atoms with Crippen molar-refractivity contribution in [2.24, 2.45) is 0 Å². The summed E-state index contributed by atoms with van der Waals surface area (Å²) in [5.74, 6) is 0.273. The molecule has 0 aromatic heterocycles. The molecule has 3 aromatic carbocycles. The van der Waals surface area contributed by atoms with Gasteiger partial charge in [-0.25, -0.2) is 0 Å². The minimum absolute atomic E-state index is 0.273. The van der Waals surface area contributed by atoms with Crippen LogP contribution >= 0.6 is 0 Å². The molecule has 3 rings (SSSR count).